The molecule has 1 aliphatic heterocycles. The maximum atomic E-state index is 13.1. The third-order valence-electron chi connectivity index (χ3n) is 6.03. The number of carbonyl (C=O) groups is 3. The van der Waals surface area contributed by atoms with E-state index >= 15 is 0 Å². The molecule has 1 aromatic heterocycles. The van der Waals surface area contributed by atoms with Crippen molar-refractivity contribution < 1.29 is 14.4 Å². The van der Waals surface area contributed by atoms with E-state index in [4.69, 9.17) is 23.2 Å². The molecule has 33 heavy (non-hydrogen) atoms. The van der Waals surface area contributed by atoms with Crippen LogP contribution < -0.4 is 15.5 Å². The highest BCUT2D eigenvalue weighted by Crippen LogP contribution is 2.30. The third kappa shape index (κ3) is 5.63. The summed E-state index contributed by atoms with van der Waals surface area (Å²) in [4.78, 5) is 44.9. The van der Waals surface area contributed by atoms with Crippen molar-refractivity contribution in [3.63, 3.8) is 0 Å². The molecule has 2 atom stereocenters. The molecule has 2 N–H and O–H groups in total. The lowest BCUT2D eigenvalue weighted by Gasteiger charge is -2.42. The van der Waals surface area contributed by atoms with Crippen LogP contribution in [-0.2, 0) is 19.9 Å². The Morgan fingerprint density at radius 3 is 2.55 bits per heavy atom. The molecule has 0 radical (unpaired) electrons. The van der Waals surface area contributed by atoms with E-state index in [1.807, 2.05) is 19.1 Å². The Bertz CT molecular complexity index is 987. The number of nitrogens with one attached hydrogen (secondary N) is 2. The van der Waals surface area contributed by atoms with E-state index in [0.29, 0.717) is 41.7 Å². The van der Waals surface area contributed by atoms with E-state index in [-0.39, 0.29) is 24.8 Å². The highest BCUT2D eigenvalue weighted by molar-refractivity contribution is 6.35. The molecule has 8 nitrogen and oxygen atoms in total. The third-order valence-corrected chi connectivity index (χ3v) is 6.47. The molecular formula is C23H27Cl2N5O3. The van der Waals surface area contributed by atoms with Crippen LogP contribution in [0.25, 0.3) is 0 Å². The smallest absolute Gasteiger partial charge is 0.251 e. The lowest BCUT2D eigenvalue weighted by molar-refractivity contribution is -0.134. The number of hydrogen-bond donors (Lipinski definition) is 2. The first-order valence-electron chi connectivity index (χ1n) is 10.6. The number of benzene rings is 1. The molecule has 1 saturated heterocycles. The van der Waals surface area contributed by atoms with Crippen molar-refractivity contribution in [3.8, 4) is 0 Å². The molecule has 2 aromatic rings. The van der Waals surface area contributed by atoms with Gasteiger partial charge in [-0.15, -0.1) is 0 Å². The van der Waals surface area contributed by atoms with E-state index in [0.717, 1.165) is 5.69 Å². The molecular weight excluding hydrogens is 465 g/mol. The van der Waals surface area contributed by atoms with Crippen LogP contribution in [0.1, 0.15) is 25.3 Å². The van der Waals surface area contributed by atoms with Gasteiger partial charge in [0.1, 0.15) is 5.54 Å². The summed E-state index contributed by atoms with van der Waals surface area (Å²) in [6.45, 7) is 3.74. The Balaban J connectivity index is 1.70. The minimum atomic E-state index is -1.25. The molecule has 1 aromatic carbocycles. The first-order chi connectivity index (χ1) is 15.8. The van der Waals surface area contributed by atoms with Gasteiger partial charge in [-0.3, -0.25) is 24.7 Å². The largest absolute Gasteiger partial charge is 0.365 e. The van der Waals surface area contributed by atoms with Crippen LogP contribution in [0.2, 0.25) is 10.0 Å². The van der Waals surface area contributed by atoms with Crippen molar-refractivity contribution in [2.75, 3.05) is 31.6 Å². The van der Waals surface area contributed by atoms with Gasteiger partial charge < -0.3 is 15.1 Å². The maximum Gasteiger partial charge on any atom is 0.251 e. The number of likely N-dealkylation sites (N-methyl/N-ethyl adjacent to an activating group) is 1. The van der Waals surface area contributed by atoms with Gasteiger partial charge in [-0.1, -0.05) is 29.3 Å². The molecule has 176 valence electrons. The van der Waals surface area contributed by atoms with Crippen LogP contribution in [0.15, 0.2) is 42.7 Å². The SMILES string of the molecule is CNC(CCC(=O)N1CCN(c2cc(Cl)cc(Cl)c2)C(C)C1)(C(=O)NC=O)c1cccnc1. The highest BCUT2D eigenvalue weighted by Gasteiger charge is 2.40. The van der Waals surface area contributed by atoms with Gasteiger partial charge in [-0.25, -0.2) is 0 Å². The second-order valence-corrected chi connectivity index (χ2v) is 8.87. The summed E-state index contributed by atoms with van der Waals surface area (Å²) in [6, 6.07) is 8.93. The van der Waals surface area contributed by atoms with Gasteiger partial charge in [0.05, 0.1) is 0 Å². The number of anilines is 1. The topological polar surface area (TPSA) is 94.6 Å². The van der Waals surface area contributed by atoms with E-state index in [9.17, 15) is 14.4 Å². The van der Waals surface area contributed by atoms with Crippen LogP contribution in [0.3, 0.4) is 0 Å². The number of hydrogen-bond acceptors (Lipinski definition) is 6. The zero-order valence-electron chi connectivity index (χ0n) is 18.6. The summed E-state index contributed by atoms with van der Waals surface area (Å²) in [7, 11) is 1.62. The minimum absolute atomic E-state index is 0.0583. The van der Waals surface area contributed by atoms with Crippen molar-refractivity contribution in [1.82, 2.24) is 20.5 Å². The Kier molecular flexibility index (Phi) is 8.29. The maximum absolute atomic E-state index is 13.1. The number of aromatic nitrogens is 1. The van der Waals surface area contributed by atoms with Crippen molar-refractivity contribution in [2.24, 2.45) is 0 Å². The normalized spacial score (nSPS) is 17.9. The number of carbonyl (C=O) groups excluding carboxylic acids is 3. The van der Waals surface area contributed by atoms with Crippen molar-refractivity contribution in [3.05, 3.63) is 58.3 Å². The Morgan fingerprint density at radius 2 is 1.97 bits per heavy atom. The molecule has 2 unspecified atom stereocenters. The van der Waals surface area contributed by atoms with Gasteiger partial charge in [-0.05, 0) is 50.2 Å². The monoisotopic (exact) mass is 491 g/mol. The molecule has 0 spiro atoms. The fourth-order valence-corrected chi connectivity index (χ4v) is 4.80. The summed E-state index contributed by atoms with van der Waals surface area (Å²) >= 11 is 12.3. The second-order valence-electron chi connectivity index (χ2n) is 8.00. The Morgan fingerprint density at radius 1 is 1.24 bits per heavy atom. The van der Waals surface area contributed by atoms with E-state index in [1.54, 1.807) is 42.5 Å². The van der Waals surface area contributed by atoms with Crippen LogP contribution >= 0.6 is 23.2 Å². The number of rotatable bonds is 8. The molecule has 1 fully saturated rings. The summed E-state index contributed by atoms with van der Waals surface area (Å²) in [5.74, 6) is -0.593. The zero-order chi connectivity index (χ0) is 24.0. The van der Waals surface area contributed by atoms with Crippen LogP contribution in [-0.4, -0.2) is 60.8 Å². The average molecular weight is 492 g/mol. The number of nitrogens with zero attached hydrogens (tertiary/aromatic N) is 3. The Hall–Kier alpha value is -2.68. The standard InChI is InChI=1S/C23H27Cl2N5O3/c1-16-14-29(8-9-30(16)20-11-18(24)10-19(25)12-20)21(32)5-6-23(26-2,22(33)28-15-31)17-4-3-7-27-13-17/h3-4,7,10-13,15-16,26H,5-6,8-9,14H2,1-2H3,(H,28,31,33). The van der Waals surface area contributed by atoms with Crippen molar-refractivity contribution >= 4 is 47.1 Å². The van der Waals surface area contributed by atoms with Gasteiger partial charge in [-0.2, -0.15) is 0 Å². The predicted molar refractivity (Wildman–Crippen MR) is 128 cm³/mol. The van der Waals surface area contributed by atoms with Gasteiger partial charge in [0.15, 0.2) is 0 Å². The van der Waals surface area contributed by atoms with Crippen molar-refractivity contribution in [2.45, 2.75) is 31.3 Å². The lowest BCUT2D eigenvalue weighted by atomic mass is 9.85. The number of amides is 3. The molecule has 2 heterocycles. The molecule has 0 aliphatic carbocycles. The first kappa shape index (κ1) is 25.0. The zero-order valence-corrected chi connectivity index (χ0v) is 20.1. The predicted octanol–water partition coefficient (Wildman–Crippen LogP) is 2.59. The van der Waals surface area contributed by atoms with Crippen LogP contribution in [0.4, 0.5) is 5.69 Å². The van der Waals surface area contributed by atoms with Crippen LogP contribution in [0, 0.1) is 0 Å². The van der Waals surface area contributed by atoms with E-state index < -0.39 is 11.4 Å². The number of imide groups is 1. The average Bonchev–Trinajstić information content (AvgIpc) is 2.79. The van der Waals surface area contributed by atoms with Gasteiger partial charge >= 0.3 is 0 Å². The van der Waals surface area contributed by atoms with E-state index in [2.05, 4.69) is 20.5 Å². The van der Waals surface area contributed by atoms with Crippen molar-refractivity contribution in [1.29, 1.82) is 0 Å². The molecule has 1 aliphatic rings. The van der Waals surface area contributed by atoms with E-state index in [1.165, 1.54) is 0 Å². The lowest BCUT2D eigenvalue weighted by Crippen LogP contribution is -2.55. The summed E-state index contributed by atoms with van der Waals surface area (Å²) in [5, 5.41) is 6.35. The fraction of sp³-hybridized carbons (Fsp3) is 0.391. The van der Waals surface area contributed by atoms with Crippen LogP contribution in [0.5, 0.6) is 0 Å². The summed E-state index contributed by atoms with van der Waals surface area (Å²) in [6.07, 6.45) is 3.79. The number of pyridine rings is 1. The van der Waals surface area contributed by atoms with Gasteiger partial charge in [0.25, 0.3) is 5.91 Å². The minimum Gasteiger partial charge on any atom is -0.365 e. The fourth-order valence-electron chi connectivity index (χ4n) is 4.29. The highest BCUT2D eigenvalue weighted by atomic mass is 35.5. The Labute approximate surface area is 203 Å². The molecule has 0 saturated carbocycles. The summed E-state index contributed by atoms with van der Waals surface area (Å²) < 4.78 is 0. The molecule has 3 rings (SSSR count). The number of piperazine rings is 1. The molecule has 10 heteroatoms. The second kappa shape index (κ2) is 11.0. The first-order valence-corrected chi connectivity index (χ1v) is 11.4. The molecule has 3 amide bonds. The summed E-state index contributed by atoms with van der Waals surface area (Å²) in [5.41, 5.74) is 0.245. The number of halogens is 2. The molecule has 0 bridgehead atoms. The van der Waals surface area contributed by atoms with Gasteiger partial charge in [0.2, 0.25) is 12.3 Å². The quantitative estimate of drug-likeness (QED) is 0.551. The van der Waals surface area contributed by atoms with Gasteiger partial charge in [0, 0.05) is 60.2 Å².